The molecule has 0 bridgehead atoms. The molecule has 0 aliphatic heterocycles. The van der Waals surface area contributed by atoms with E-state index in [1.54, 1.807) is 11.9 Å². The van der Waals surface area contributed by atoms with Crippen molar-refractivity contribution in [3.8, 4) is 6.07 Å². The van der Waals surface area contributed by atoms with Gasteiger partial charge >= 0.3 is 5.69 Å². The van der Waals surface area contributed by atoms with Crippen molar-refractivity contribution in [3.63, 3.8) is 0 Å². The van der Waals surface area contributed by atoms with Crippen LogP contribution >= 0.6 is 0 Å². The van der Waals surface area contributed by atoms with Gasteiger partial charge in [0, 0.05) is 25.9 Å². The Balaban J connectivity index is 3.13. The van der Waals surface area contributed by atoms with Crippen LogP contribution in [0.2, 0.25) is 0 Å². The van der Waals surface area contributed by atoms with Gasteiger partial charge in [-0.3, -0.25) is 10.1 Å². The molecule has 0 aliphatic carbocycles. The van der Waals surface area contributed by atoms with Gasteiger partial charge in [0.1, 0.15) is 6.07 Å². The van der Waals surface area contributed by atoms with Crippen molar-refractivity contribution in [3.05, 3.63) is 27.9 Å². The molecule has 7 heteroatoms. The molecule has 1 heterocycles. The van der Waals surface area contributed by atoms with Crippen LogP contribution in [-0.4, -0.2) is 30.0 Å². The van der Waals surface area contributed by atoms with Gasteiger partial charge < -0.3 is 10.6 Å². The van der Waals surface area contributed by atoms with Gasteiger partial charge in [-0.15, -0.1) is 0 Å². The fourth-order valence-electron chi connectivity index (χ4n) is 1.72. The number of aromatic nitrogens is 1. The highest BCUT2D eigenvalue weighted by molar-refractivity contribution is 5.59. The van der Waals surface area contributed by atoms with E-state index in [0.717, 1.165) is 0 Å². The number of rotatable bonds is 5. The summed E-state index contributed by atoms with van der Waals surface area (Å²) in [5.41, 5.74) is 5.47. The molecule has 0 aromatic carbocycles. The van der Waals surface area contributed by atoms with E-state index >= 15 is 0 Å². The summed E-state index contributed by atoms with van der Waals surface area (Å²) >= 11 is 0. The first kappa shape index (κ1) is 14.9. The smallest absolute Gasteiger partial charge is 0.312 e. The van der Waals surface area contributed by atoms with E-state index in [0.29, 0.717) is 13.1 Å². The van der Waals surface area contributed by atoms with Crippen molar-refractivity contribution in [1.82, 2.24) is 4.98 Å². The second kappa shape index (κ2) is 5.63. The van der Waals surface area contributed by atoms with Gasteiger partial charge in [0.15, 0.2) is 0 Å². The van der Waals surface area contributed by atoms with E-state index in [9.17, 15) is 10.1 Å². The summed E-state index contributed by atoms with van der Waals surface area (Å²) in [6.45, 7) is 4.93. The van der Waals surface area contributed by atoms with Crippen LogP contribution in [-0.2, 0) is 0 Å². The van der Waals surface area contributed by atoms with Gasteiger partial charge in [0.05, 0.1) is 10.5 Å². The highest BCUT2D eigenvalue weighted by atomic mass is 16.6. The molecule has 102 valence electrons. The second-order valence-electron chi connectivity index (χ2n) is 5.16. The van der Waals surface area contributed by atoms with Gasteiger partial charge in [-0.05, 0) is 12.0 Å². The lowest BCUT2D eigenvalue weighted by atomic mass is 9.93. The van der Waals surface area contributed by atoms with Gasteiger partial charge in [-0.25, -0.2) is 4.98 Å². The molecule has 0 aliphatic rings. The topological polar surface area (TPSA) is 109 Å². The Morgan fingerprint density at radius 2 is 2.26 bits per heavy atom. The molecular weight excluding hydrogens is 246 g/mol. The quantitative estimate of drug-likeness (QED) is 0.633. The summed E-state index contributed by atoms with van der Waals surface area (Å²) in [6, 6.07) is 3.07. The van der Waals surface area contributed by atoms with Crippen molar-refractivity contribution >= 4 is 11.5 Å². The van der Waals surface area contributed by atoms with E-state index in [1.165, 1.54) is 12.3 Å². The van der Waals surface area contributed by atoms with Gasteiger partial charge in [0.2, 0.25) is 5.82 Å². The lowest BCUT2D eigenvalue weighted by molar-refractivity contribution is -0.384. The summed E-state index contributed by atoms with van der Waals surface area (Å²) in [4.78, 5) is 16.2. The van der Waals surface area contributed by atoms with E-state index in [-0.39, 0.29) is 22.5 Å². The maximum absolute atomic E-state index is 11.0. The SMILES string of the molecule is CN(CC(C)(C)CN)c1ncc(C#N)cc1[N+](=O)[O-]. The molecule has 19 heavy (non-hydrogen) atoms. The molecule has 0 unspecified atom stereocenters. The Morgan fingerprint density at radius 3 is 2.74 bits per heavy atom. The molecule has 2 N–H and O–H groups in total. The number of pyridine rings is 1. The van der Waals surface area contributed by atoms with Crippen molar-refractivity contribution in [2.24, 2.45) is 11.1 Å². The first-order valence-corrected chi connectivity index (χ1v) is 5.76. The summed E-state index contributed by atoms with van der Waals surface area (Å²) in [5.74, 6) is 0.241. The minimum atomic E-state index is -0.533. The normalized spacial score (nSPS) is 10.9. The van der Waals surface area contributed by atoms with Gasteiger partial charge in [-0.2, -0.15) is 5.26 Å². The predicted molar refractivity (Wildman–Crippen MR) is 71.7 cm³/mol. The molecule has 0 radical (unpaired) electrons. The maximum Gasteiger partial charge on any atom is 0.312 e. The molecule has 1 aromatic rings. The zero-order valence-corrected chi connectivity index (χ0v) is 11.3. The average Bonchev–Trinajstić information content (AvgIpc) is 2.37. The Kier molecular flexibility index (Phi) is 4.40. The standard InChI is InChI=1S/C12H17N5O2/c1-12(2,7-14)8-16(3)11-10(17(18)19)4-9(5-13)6-15-11/h4,6H,7-8,14H2,1-3H3. The highest BCUT2D eigenvalue weighted by Gasteiger charge is 2.24. The molecule has 0 spiro atoms. The fourth-order valence-corrected chi connectivity index (χ4v) is 1.72. The summed E-state index contributed by atoms with van der Waals surface area (Å²) in [6.07, 6.45) is 1.33. The third-order valence-corrected chi connectivity index (χ3v) is 2.75. The third-order valence-electron chi connectivity index (χ3n) is 2.75. The van der Waals surface area contributed by atoms with Crippen molar-refractivity contribution in [2.75, 3.05) is 25.0 Å². The minimum Gasteiger partial charge on any atom is -0.353 e. The van der Waals surface area contributed by atoms with Crippen molar-refractivity contribution in [2.45, 2.75) is 13.8 Å². The third kappa shape index (κ3) is 3.63. The molecule has 1 rings (SSSR count). The number of hydrogen-bond acceptors (Lipinski definition) is 6. The molecular formula is C12H17N5O2. The summed E-state index contributed by atoms with van der Waals surface area (Å²) in [7, 11) is 1.72. The molecule has 0 amide bonds. The number of nitro groups is 1. The number of hydrogen-bond donors (Lipinski definition) is 1. The minimum absolute atomic E-state index is 0.168. The van der Waals surface area contributed by atoms with E-state index in [2.05, 4.69) is 4.98 Å². The molecule has 0 atom stereocenters. The van der Waals surface area contributed by atoms with Crippen LogP contribution in [0.1, 0.15) is 19.4 Å². The number of nitriles is 1. The molecule has 0 fully saturated rings. The van der Waals surface area contributed by atoms with Crippen LogP contribution in [0.4, 0.5) is 11.5 Å². The second-order valence-corrected chi connectivity index (χ2v) is 5.16. The van der Waals surface area contributed by atoms with E-state index in [1.807, 2.05) is 19.9 Å². The van der Waals surface area contributed by atoms with Crippen LogP contribution < -0.4 is 10.6 Å². The Hall–Kier alpha value is -2.20. The zero-order chi connectivity index (χ0) is 14.6. The van der Waals surface area contributed by atoms with Crippen molar-refractivity contribution in [1.29, 1.82) is 5.26 Å². The number of nitrogens with zero attached hydrogens (tertiary/aromatic N) is 4. The fraction of sp³-hybridized carbons (Fsp3) is 0.500. The molecule has 0 saturated heterocycles. The van der Waals surface area contributed by atoms with Crippen LogP contribution in [0.3, 0.4) is 0 Å². The number of anilines is 1. The van der Waals surface area contributed by atoms with Crippen LogP contribution in [0.25, 0.3) is 0 Å². The number of nitrogens with two attached hydrogens (primary N) is 1. The Morgan fingerprint density at radius 1 is 1.63 bits per heavy atom. The monoisotopic (exact) mass is 263 g/mol. The summed E-state index contributed by atoms with van der Waals surface area (Å²) in [5, 5.41) is 19.8. The van der Waals surface area contributed by atoms with E-state index < -0.39 is 4.92 Å². The van der Waals surface area contributed by atoms with Crippen molar-refractivity contribution < 1.29 is 4.92 Å². The van der Waals surface area contributed by atoms with E-state index in [4.69, 9.17) is 11.0 Å². The van der Waals surface area contributed by atoms with Crippen LogP contribution in [0.5, 0.6) is 0 Å². The highest BCUT2D eigenvalue weighted by Crippen LogP contribution is 2.27. The first-order valence-electron chi connectivity index (χ1n) is 5.76. The first-order chi connectivity index (χ1) is 8.80. The largest absolute Gasteiger partial charge is 0.353 e. The van der Waals surface area contributed by atoms with Crippen LogP contribution in [0.15, 0.2) is 12.3 Å². The van der Waals surface area contributed by atoms with Gasteiger partial charge in [0.25, 0.3) is 0 Å². The Labute approximate surface area is 111 Å². The lowest BCUT2D eigenvalue weighted by Gasteiger charge is -2.29. The average molecular weight is 263 g/mol. The summed E-state index contributed by atoms with van der Waals surface area (Å²) < 4.78 is 0. The predicted octanol–water partition coefficient (Wildman–Crippen LogP) is 1.28. The molecule has 0 saturated carbocycles. The molecule has 1 aromatic heterocycles. The zero-order valence-electron chi connectivity index (χ0n) is 11.3. The Bertz CT molecular complexity index is 521. The van der Waals surface area contributed by atoms with Crippen LogP contribution in [0, 0.1) is 26.9 Å². The lowest BCUT2D eigenvalue weighted by Crippen LogP contribution is -2.37. The van der Waals surface area contributed by atoms with Gasteiger partial charge in [-0.1, -0.05) is 13.8 Å². The molecule has 7 nitrogen and oxygen atoms in total. The maximum atomic E-state index is 11.0.